The predicted molar refractivity (Wildman–Crippen MR) is 78.4 cm³/mol. The van der Waals surface area contributed by atoms with Crippen LogP contribution < -0.4 is 0 Å². The molecule has 7 heteroatoms. The molecule has 0 aliphatic carbocycles. The largest absolute Gasteiger partial charge is 0.340 e. The Kier molecular flexibility index (Phi) is 4.36. The highest BCUT2D eigenvalue weighted by molar-refractivity contribution is 9.10. The number of carbonyl (C=O) groups excluding carboxylic acids is 1. The summed E-state index contributed by atoms with van der Waals surface area (Å²) < 4.78 is 2.47. The molecule has 0 aromatic carbocycles. The number of amides is 1. The van der Waals surface area contributed by atoms with Gasteiger partial charge in [0.15, 0.2) is 5.69 Å². The fourth-order valence-corrected chi connectivity index (χ4v) is 2.76. The van der Waals surface area contributed by atoms with Crippen LogP contribution in [0.5, 0.6) is 0 Å². The van der Waals surface area contributed by atoms with Crippen LogP contribution in [0.15, 0.2) is 16.0 Å². The summed E-state index contributed by atoms with van der Waals surface area (Å²) in [4.78, 5) is 18.2. The number of carbonyl (C=O) groups is 1. The molecule has 0 saturated heterocycles. The molecule has 0 aliphatic heterocycles. The Labute approximate surface area is 124 Å². The molecule has 19 heavy (non-hydrogen) atoms. The van der Waals surface area contributed by atoms with Crippen LogP contribution in [-0.4, -0.2) is 39.2 Å². The van der Waals surface area contributed by atoms with Crippen LogP contribution in [0.1, 0.15) is 21.2 Å². The second-order valence-corrected chi connectivity index (χ2v) is 6.05. The number of likely N-dealkylation sites (N-methyl/N-ethyl adjacent to an activating group) is 1. The fourth-order valence-electron chi connectivity index (χ4n) is 1.64. The first-order chi connectivity index (χ1) is 9.00. The Hall–Kier alpha value is -1.21. The third kappa shape index (κ3) is 3.03. The maximum absolute atomic E-state index is 12.3. The molecule has 0 atom stereocenters. The van der Waals surface area contributed by atoms with E-state index in [4.69, 9.17) is 0 Å². The molecule has 0 aliphatic rings. The first-order valence-electron chi connectivity index (χ1n) is 5.83. The molecule has 0 saturated carbocycles. The molecular formula is C12H15BrN4OS. The van der Waals surface area contributed by atoms with Crippen LogP contribution in [0.25, 0.3) is 0 Å². The van der Waals surface area contributed by atoms with Gasteiger partial charge < -0.3 is 4.90 Å². The summed E-state index contributed by atoms with van der Waals surface area (Å²) in [5.41, 5.74) is 1.40. The Morgan fingerprint density at radius 1 is 1.58 bits per heavy atom. The van der Waals surface area contributed by atoms with E-state index in [-0.39, 0.29) is 5.91 Å². The number of thiazole rings is 1. The lowest BCUT2D eigenvalue weighted by atomic mass is 10.3. The van der Waals surface area contributed by atoms with Crippen LogP contribution in [0.4, 0.5) is 0 Å². The summed E-state index contributed by atoms with van der Waals surface area (Å²) in [6.45, 7) is 2.55. The number of hydrogen-bond acceptors (Lipinski definition) is 4. The van der Waals surface area contributed by atoms with Gasteiger partial charge in [-0.05, 0) is 22.9 Å². The van der Waals surface area contributed by atoms with Gasteiger partial charge in [0.05, 0.1) is 15.2 Å². The monoisotopic (exact) mass is 342 g/mol. The number of aromatic nitrogens is 3. The van der Waals surface area contributed by atoms with Crippen LogP contribution in [-0.2, 0) is 13.5 Å². The van der Waals surface area contributed by atoms with Gasteiger partial charge in [-0.15, -0.1) is 11.3 Å². The van der Waals surface area contributed by atoms with Crippen LogP contribution >= 0.6 is 27.3 Å². The average molecular weight is 343 g/mol. The van der Waals surface area contributed by atoms with Gasteiger partial charge in [0.1, 0.15) is 0 Å². The van der Waals surface area contributed by atoms with Crippen LogP contribution in [0, 0.1) is 6.92 Å². The van der Waals surface area contributed by atoms with Crippen molar-refractivity contribution in [3.05, 3.63) is 32.4 Å². The number of rotatable bonds is 4. The molecule has 0 N–H and O–H groups in total. The Bertz CT molecular complexity index is 579. The minimum absolute atomic E-state index is 0.0767. The number of nitrogens with zero attached hydrogens (tertiary/aromatic N) is 4. The van der Waals surface area contributed by atoms with Crippen molar-refractivity contribution in [3.8, 4) is 0 Å². The quantitative estimate of drug-likeness (QED) is 0.856. The zero-order chi connectivity index (χ0) is 14.0. The van der Waals surface area contributed by atoms with E-state index in [1.165, 1.54) is 0 Å². The Balaban J connectivity index is 2.04. The highest BCUT2D eigenvalue weighted by atomic mass is 79.9. The van der Waals surface area contributed by atoms with Crippen molar-refractivity contribution in [3.63, 3.8) is 0 Å². The van der Waals surface area contributed by atoms with E-state index in [1.807, 2.05) is 19.4 Å². The summed E-state index contributed by atoms with van der Waals surface area (Å²) in [6.07, 6.45) is 2.55. The molecule has 5 nitrogen and oxygen atoms in total. The summed E-state index contributed by atoms with van der Waals surface area (Å²) in [7, 11) is 3.61. The van der Waals surface area contributed by atoms with Crippen molar-refractivity contribution in [1.29, 1.82) is 0 Å². The number of hydrogen-bond donors (Lipinski definition) is 0. The minimum atomic E-state index is -0.0767. The summed E-state index contributed by atoms with van der Waals surface area (Å²) in [6, 6.07) is 0. The molecule has 1 amide bonds. The third-order valence-electron chi connectivity index (χ3n) is 2.95. The summed E-state index contributed by atoms with van der Waals surface area (Å²) >= 11 is 5.02. The van der Waals surface area contributed by atoms with Crippen molar-refractivity contribution in [2.75, 3.05) is 13.6 Å². The van der Waals surface area contributed by atoms with E-state index < -0.39 is 0 Å². The molecule has 0 radical (unpaired) electrons. The van der Waals surface area contributed by atoms with Crippen molar-refractivity contribution < 1.29 is 4.79 Å². The SMILES string of the molecule is Cc1c(Br)c(C(=O)N(C)CCc2nccs2)nn1C. The zero-order valence-electron chi connectivity index (χ0n) is 11.1. The molecular weight excluding hydrogens is 328 g/mol. The lowest BCUT2D eigenvalue weighted by Gasteiger charge is -2.15. The molecule has 0 spiro atoms. The normalized spacial score (nSPS) is 10.7. The molecule has 0 bridgehead atoms. The van der Waals surface area contributed by atoms with Crippen molar-refractivity contribution >= 4 is 33.2 Å². The summed E-state index contributed by atoms with van der Waals surface area (Å²) in [5, 5.41) is 7.22. The molecule has 0 fully saturated rings. The topological polar surface area (TPSA) is 51.0 Å². The highest BCUT2D eigenvalue weighted by Crippen LogP contribution is 2.21. The van der Waals surface area contributed by atoms with Gasteiger partial charge in [-0.3, -0.25) is 9.48 Å². The molecule has 2 aromatic heterocycles. The van der Waals surface area contributed by atoms with Crippen molar-refractivity contribution in [1.82, 2.24) is 19.7 Å². The van der Waals surface area contributed by atoms with Crippen LogP contribution in [0.3, 0.4) is 0 Å². The van der Waals surface area contributed by atoms with E-state index in [1.54, 1.807) is 34.2 Å². The third-order valence-corrected chi connectivity index (χ3v) is 4.74. The second-order valence-electron chi connectivity index (χ2n) is 4.27. The molecule has 2 heterocycles. The Morgan fingerprint density at radius 3 is 2.84 bits per heavy atom. The van der Waals surface area contributed by atoms with Gasteiger partial charge in [0, 0.05) is 38.6 Å². The lowest BCUT2D eigenvalue weighted by molar-refractivity contribution is 0.0789. The maximum Gasteiger partial charge on any atom is 0.275 e. The van der Waals surface area contributed by atoms with Gasteiger partial charge in [0.25, 0.3) is 5.91 Å². The molecule has 102 valence electrons. The van der Waals surface area contributed by atoms with Gasteiger partial charge in [-0.2, -0.15) is 5.10 Å². The molecule has 2 aromatic rings. The molecule has 2 rings (SSSR count). The van der Waals surface area contributed by atoms with E-state index in [0.29, 0.717) is 12.2 Å². The van der Waals surface area contributed by atoms with Crippen molar-refractivity contribution in [2.24, 2.45) is 7.05 Å². The zero-order valence-corrected chi connectivity index (χ0v) is 13.5. The molecule has 0 unspecified atom stereocenters. The van der Waals surface area contributed by atoms with Crippen molar-refractivity contribution in [2.45, 2.75) is 13.3 Å². The lowest BCUT2D eigenvalue weighted by Crippen LogP contribution is -2.29. The first-order valence-corrected chi connectivity index (χ1v) is 7.51. The number of halogens is 1. The number of aryl methyl sites for hydroxylation is 1. The smallest absolute Gasteiger partial charge is 0.275 e. The fraction of sp³-hybridized carbons (Fsp3) is 0.417. The Morgan fingerprint density at radius 2 is 2.32 bits per heavy atom. The average Bonchev–Trinajstić information content (AvgIpc) is 2.99. The van der Waals surface area contributed by atoms with E-state index >= 15 is 0 Å². The summed E-state index contributed by atoms with van der Waals surface area (Å²) in [5.74, 6) is -0.0767. The van der Waals surface area contributed by atoms with Gasteiger partial charge in [-0.25, -0.2) is 4.98 Å². The van der Waals surface area contributed by atoms with Gasteiger partial charge >= 0.3 is 0 Å². The highest BCUT2D eigenvalue weighted by Gasteiger charge is 2.20. The van der Waals surface area contributed by atoms with E-state index in [0.717, 1.165) is 21.6 Å². The standard InChI is InChI=1S/C12H15BrN4OS/c1-8-10(13)11(15-17(8)3)12(18)16(2)6-4-9-14-5-7-19-9/h5,7H,4,6H2,1-3H3. The first kappa shape index (κ1) is 14.2. The van der Waals surface area contributed by atoms with Gasteiger partial charge in [0.2, 0.25) is 0 Å². The minimum Gasteiger partial charge on any atom is -0.340 e. The van der Waals surface area contributed by atoms with Crippen LogP contribution in [0.2, 0.25) is 0 Å². The van der Waals surface area contributed by atoms with Gasteiger partial charge in [-0.1, -0.05) is 0 Å². The van der Waals surface area contributed by atoms with E-state index in [9.17, 15) is 4.79 Å². The maximum atomic E-state index is 12.3. The predicted octanol–water partition coefficient (Wildman–Crippen LogP) is 2.26. The second kappa shape index (κ2) is 5.83. The van der Waals surface area contributed by atoms with E-state index in [2.05, 4.69) is 26.0 Å².